The molecule has 88 valence electrons. The maximum Gasteiger partial charge on any atom is 0.165 e. The lowest BCUT2D eigenvalue weighted by Gasteiger charge is -2.11. The Morgan fingerprint density at radius 3 is 2.65 bits per heavy atom. The van der Waals surface area contributed by atoms with E-state index in [1.54, 1.807) is 19.4 Å². The highest BCUT2D eigenvalue weighted by atomic mass is 16.5. The third-order valence-corrected chi connectivity index (χ3v) is 2.54. The normalized spacial score (nSPS) is 10.3. The highest BCUT2D eigenvalue weighted by Gasteiger charge is 2.12. The van der Waals surface area contributed by atoms with Crippen molar-refractivity contribution in [3.8, 4) is 17.1 Å². The molecule has 0 bridgehead atoms. The van der Waals surface area contributed by atoms with Crippen molar-refractivity contribution >= 4 is 5.82 Å². The number of hydrogen-bond donors (Lipinski definition) is 1. The molecule has 0 aliphatic heterocycles. The van der Waals surface area contributed by atoms with Gasteiger partial charge in [0.05, 0.1) is 12.7 Å². The molecule has 2 aromatic rings. The van der Waals surface area contributed by atoms with E-state index < -0.39 is 0 Å². The molecular weight excluding hydrogens is 214 g/mol. The van der Waals surface area contributed by atoms with Crippen LogP contribution in [0.1, 0.15) is 11.1 Å². The van der Waals surface area contributed by atoms with Gasteiger partial charge in [-0.2, -0.15) is 0 Å². The molecule has 17 heavy (non-hydrogen) atoms. The molecular formula is C13H15N3O. The van der Waals surface area contributed by atoms with Gasteiger partial charge in [0.1, 0.15) is 11.6 Å². The van der Waals surface area contributed by atoms with Crippen LogP contribution in [-0.4, -0.2) is 17.1 Å². The first-order valence-electron chi connectivity index (χ1n) is 5.36. The van der Waals surface area contributed by atoms with Crippen LogP contribution in [0.4, 0.5) is 5.82 Å². The third-order valence-electron chi connectivity index (χ3n) is 2.54. The average Bonchev–Trinajstić information content (AvgIpc) is 2.28. The molecule has 2 N–H and O–H groups in total. The number of nitrogen functional groups attached to an aromatic ring is 1. The largest absolute Gasteiger partial charge is 0.496 e. The van der Waals surface area contributed by atoms with Crippen LogP contribution in [0, 0.1) is 13.8 Å². The summed E-state index contributed by atoms with van der Waals surface area (Å²) in [5.41, 5.74) is 8.75. The molecule has 0 saturated heterocycles. The first kappa shape index (κ1) is 11.4. The van der Waals surface area contributed by atoms with Crippen molar-refractivity contribution in [1.29, 1.82) is 0 Å². The van der Waals surface area contributed by atoms with Gasteiger partial charge < -0.3 is 10.5 Å². The van der Waals surface area contributed by atoms with E-state index in [1.165, 1.54) is 0 Å². The molecule has 0 radical (unpaired) electrons. The Hall–Kier alpha value is -2.10. The second-order valence-corrected chi connectivity index (χ2v) is 3.97. The number of nitrogens with zero attached hydrogens (tertiary/aromatic N) is 2. The minimum atomic E-state index is 0.455. The van der Waals surface area contributed by atoms with E-state index in [0.29, 0.717) is 11.6 Å². The maximum absolute atomic E-state index is 5.67. The van der Waals surface area contributed by atoms with Gasteiger partial charge in [-0.25, -0.2) is 9.97 Å². The van der Waals surface area contributed by atoms with Crippen LogP contribution in [0.3, 0.4) is 0 Å². The van der Waals surface area contributed by atoms with Crippen LogP contribution >= 0.6 is 0 Å². The molecule has 0 aliphatic carbocycles. The molecule has 0 amide bonds. The van der Waals surface area contributed by atoms with Crippen molar-refractivity contribution in [2.24, 2.45) is 0 Å². The van der Waals surface area contributed by atoms with Gasteiger partial charge in [-0.1, -0.05) is 6.07 Å². The van der Waals surface area contributed by atoms with E-state index in [0.717, 1.165) is 22.4 Å². The highest BCUT2D eigenvalue weighted by molar-refractivity contribution is 5.68. The van der Waals surface area contributed by atoms with Crippen LogP contribution in [0.25, 0.3) is 11.4 Å². The van der Waals surface area contributed by atoms with Crippen LogP contribution < -0.4 is 10.5 Å². The number of hydrogen-bond acceptors (Lipinski definition) is 4. The monoisotopic (exact) mass is 229 g/mol. The molecule has 1 aromatic heterocycles. The van der Waals surface area contributed by atoms with Crippen LogP contribution in [0.2, 0.25) is 0 Å². The fourth-order valence-electron chi connectivity index (χ4n) is 1.89. The number of ether oxygens (including phenoxy) is 1. The Bertz CT molecular complexity index is 552. The zero-order valence-corrected chi connectivity index (χ0v) is 10.2. The molecule has 4 nitrogen and oxygen atoms in total. The summed E-state index contributed by atoms with van der Waals surface area (Å²) in [6, 6.07) is 5.73. The van der Waals surface area contributed by atoms with Gasteiger partial charge in [-0.3, -0.25) is 0 Å². The standard InChI is InChI=1S/C13H15N3O/c1-8-6-9(2)12(17-3)10(7-8)13-15-5-4-11(14)16-13/h4-7H,1-3H3,(H2,14,15,16). The van der Waals surface area contributed by atoms with E-state index in [4.69, 9.17) is 10.5 Å². The number of anilines is 1. The van der Waals surface area contributed by atoms with Gasteiger partial charge in [0, 0.05) is 6.20 Å². The van der Waals surface area contributed by atoms with E-state index in [1.807, 2.05) is 19.9 Å². The molecule has 0 aliphatic rings. The Labute approximate surface area is 100 Å². The van der Waals surface area contributed by atoms with E-state index in [9.17, 15) is 0 Å². The zero-order chi connectivity index (χ0) is 12.4. The summed E-state index contributed by atoms with van der Waals surface area (Å²) >= 11 is 0. The lowest BCUT2D eigenvalue weighted by Crippen LogP contribution is -1.98. The smallest absolute Gasteiger partial charge is 0.165 e. The SMILES string of the molecule is COc1c(C)cc(C)cc1-c1nccc(N)n1. The Kier molecular flexibility index (Phi) is 2.95. The van der Waals surface area contributed by atoms with Crippen LogP contribution in [0.15, 0.2) is 24.4 Å². The van der Waals surface area contributed by atoms with Crippen molar-refractivity contribution in [2.45, 2.75) is 13.8 Å². The minimum absolute atomic E-state index is 0.455. The molecule has 1 aromatic carbocycles. The van der Waals surface area contributed by atoms with Crippen LogP contribution in [0.5, 0.6) is 5.75 Å². The van der Waals surface area contributed by atoms with E-state index >= 15 is 0 Å². The average molecular weight is 229 g/mol. The fourth-order valence-corrected chi connectivity index (χ4v) is 1.89. The number of benzene rings is 1. The fraction of sp³-hybridized carbons (Fsp3) is 0.231. The quantitative estimate of drug-likeness (QED) is 0.858. The summed E-state index contributed by atoms with van der Waals surface area (Å²) in [6.45, 7) is 4.03. The van der Waals surface area contributed by atoms with Crippen molar-refractivity contribution in [3.63, 3.8) is 0 Å². The Balaban J connectivity index is 2.65. The molecule has 4 heteroatoms. The van der Waals surface area contributed by atoms with Gasteiger partial charge in [0.25, 0.3) is 0 Å². The van der Waals surface area contributed by atoms with Crippen molar-refractivity contribution in [3.05, 3.63) is 35.5 Å². The molecule has 0 saturated carbocycles. The predicted octanol–water partition coefficient (Wildman–Crippen LogP) is 2.35. The molecule has 2 rings (SSSR count). The van der Waals surface area contributed by atoms with Gasteiger partial charge in [0.2, 0.25) is 0 Å². The molecule has 0 spiro atoms. The predicted molar refractivity (Wildman–Crippen MR) is 67.9 cm³/mol. The number of rotatable bonds is 2. The molecule has 0 unspecified atom stereocenters. The number of methoxy groups -OCH3 is 1. The summed E-state index contributed by atoms with van der Waals surface area (Å²) in [5.74, 6) is 1.84. The van der Waals surface area contributed by atoms with Crippen LogP contribution in [-0.2, 0) is 0 Å². The van der Waals surface area contributed by atoms with Gasteiger partial charge in [-0.15, -0.1) is 0 Å². The molecule has 0 fully saturated rings. The van der Waals surface area contributed by atoms with Gasteiger partial charge >= 0.3 is 0 Å². The summed E-state index contributed by atoms with van der Waals surface area (Å²) in [5, 5.41) is 0. The Morgan fingerprint density at radius 1 is 1.24 bits per heavy atom. The minimum Gasteiger partial charge on any atom is -0.496 e. The number of aryl methyl sites for hydroxylation is 2. The van der Waals surface area contributed by atoms with Crippen molar-refractivity contribution < 1.29 is 4.74 Å². The summed E-state index contributed by atoms with van der Waals surface area (Å²) in [4.78, 5) is 8.45. The first-order chi connectivity index (χ1) is 8.11. The van der Waals surface area contributed by atoms with Gasteiger partial charge in [-0.05, 0) is 37.1 Å². The topological polar surface area (TPSA) is 61.0 Å². The van der Waals surface area contributed by atoms with Gasteiger partial charge in [0.15, 0.2) is 5.82 Å². The second-order valence-electron chi connectivity index (χ2n) is 3.97. The summed E-state index contributed by atoms with van der Waals surface area (Å²) in [6.07, 6.45) is 1.65. The summed E-state index contributed by atoms with van der Waals surface area (Å²) < 4.78 is 5.40. The lowest BCUT2D eigenvalue weighted by atomic mass is 10.0. The van der Waals surface area contributed by atoms with E-state index in [-0.39, 0.29) is 0 Å². The lowest BCUT2D eigenvalue weighted by molar-refractivity contribution is 0.413. The number of nitrogens with two attached hydrogens (primary N) is 1. The van der Waals surface area contributed by atoms with Crippen molar-refractivity contribution in [2.75, 3.05) is 12.8 Å². The van der Waals surface area contributed by atoms with Crippen molar-refractivity contribution in [1.82, 2.24) is 9.97 Å². The summed E-state index contributed by atoms with van der Waals surface area (Å²) in [7, 11) is 1.65. The zero-order valence-electron chi connectivity index (χ0n) is 10.2. The first-order valence-corrected chi connectivity index (χ1v) is 5.36. The molecule has 1 heterocycles. The third kappa shape index (κ3) is 2.20. The maximum atomic E-state index is 5.67. The molecule has 0 atom stereocenters. The van der Waals surface area contributed by atoms with E-state index in [2.05, 4.69) is 16.0 Å². The highest BCUT2D eigenvalue weighted by Crippen LogP contribution is 2.32. The number of aromatic nitrogens is 2. The Morgan fingerprint density at radius 2 is 2.00 bits per heavy atom. The second kappa shape index (κ2) is 4.41.